The SMILES string of the molecule is [2H]C([2H])([2H])n1c(=O)n([C@@H]2CC[C@](C)(NC(=O)C3CC3)C2)c2cc(N)ncc21. The average molecular weight is 332 g/mol. The number of amides is 1. The van der Waals surface area contributed by atoms with E-state index in [4.69, 9.17) is 9.85 Å². The molecule has 2 heterocycles. The molecular weight excluding hydrogens is 306 g/mol. The van der Waals surface area contributed by atoms with Gasteiger partial charge in [-0.15, -0.1) is 0 Å². The summed E-state index contributed by atoms with van der Waals surface area (Å²) in [6.07, 6.45) is 5.16. The van der Waals surface area contributed by atoms with Gasteiger partial charge in [-0.3, -0.25) is 13.9 Å². The normalized spacial score (nSPS) is 29.2. The summed E-state index contributed by atoms with van der Waals surface area (Å²) in [6.45, 7) is -0.627. The van der Waals surface area contributed by atoms with Gasteiger partial charge in [-0.05, 0) is 39.0 Å². The number of carbonyl (C=O) groups excluding carboxylic acids is 1. The first-order valence-electron chi connectivity index (χ1n) is 9.80. The van der Waals surface area contributed by atoms with Crippen molar-refractivity contribution in [2.45, 2.75) is 50.6 Å². The van der Waals surface area contributed by atoms with Crippen LogP contribution in [0.25, 0.3) is 11.0 Å². The summed E-state index contributed by atoms with van der Waals surface area (Å²) in [5.74, 6) is 0.414. The van der Waals surface area contributed by atoms with Crippen LogP contribution >= 0.6 is 0 Å². The maximum atomic E-state index is 13.0. The number of nitrogens with one attached hydrogen (secondary N) is 1. The molecule has 128 valence electrons. The number of hydrogen-bond donors (Lipinski definition) is 2. The van der Waals surface area contributed by atoms with E-state index in [1.807, 2.05) is 6.92 Å². The summed E-state index contributed by atoms with van der Waals surface area (Å²) in [4.78, 5) is 29.1. The second-order valence-corrected chi connectivity index (χ2v) is 7.31. The molecule has 3 N–H and O–H groups in total. The maximum absolute atomic E-state index is 13.0. The van der Waals surface area contributed by atoms with Crippen LogP contribution in [0.3, 0.4) is 0 Å². The zero-order valence-corrected chi connectivity index (χ0v) is 13.6. The van der Waals surface area contributed by atoms with Gasteiger partial charge in [0.25, 0.3) is 0 Å². The Bertz CT molecular complexity index is 975. The van der Waals surface area contributed by atoms with E-state index in [1.54, 1.807) is 0 Å². The third-order valence-electron chi connectivity index (χ3n) is 5.23. The summed E-state index contributed by atoms with van der Waals surface area (Å²) >= 11 is 0. The van der Waals surface area contributed by atoms with Crippen LogP contribution in [0.1, 0.15) is 49.2 Å². The van der Waals surface area contributed by atoms with Gasteiger partial charge in [-0.1, -0.05) is 0 Å². The molecule has 1 amide bonds. The molecule has 2 aromatic rings. The van der Waals surface area contributed by atoms with Crippen molar-refractivity contribution in [1.82, 2.24) is 19.4 Å². The van der Waals surface area contributed by atoms with Gasteiger partial charge in [0, 0.05) is 34.7 Å². The summed E-state index contributed by atoms with van der Waals surface area (Å²) in [6, 6.07) is 1.33. The fraction of sp³-hybridized carbons (Fsp3) is 0.588. The van der Waals surface area contributed by atoms with Crippen LogP contribution in [0.5, 0.6) is 0 Å². The highest BCUT2D eigenvalue weighted by atomic mass is 16.2. The quantitative estimate of drug-likeness (QED) is 0.886. The third-order valence-corrected chi connectivity index (χ3v) is 5.23. The number of carbonyl (C=O) groups is 1. The molecule has 2 saturated carbocycles. The van der Waals surface area contributed by atoms with E-state index in [0.29, 0.717) is 18.4 Å². The lowest BCUT2D eigenvalue weighted by Gasteiger charge is -2.26. The minimum absolute atomic E-state index is 0.0730. The van der Waals surface area contributed by atoms with E-state index < -0.39 is 18.2 Å². The number of pyridine rings is 1. The molecule has 0 saturated heterocycles. The minimum atomic E-state index is -2.61. The van der Waals surface area contributed by atoms with Gasteiger partial charge in [-0.25, -0.2) is 9.78 Å². The molecule has 2 aliphatic carbocycles. The fourth-order valence-corrected chi connectivity index (χ4v) is 3.77. The van der Waals surface area contributed by atoms with Gasteiger partial charge in [0.1, 0.15) is 5.82 Å². The molecule has 0 radical (unpaired) electrons. The monoisotopic (exact) mass is 332 g/mol. The molecule has 0 bridgehead atoms. The molecule has 7 heteroatoms. The fourth-order valence-electron chi connectivity index (χ4n) is 3.77. The van der Waals surface area contributed by atoms with Crippen molar-refractivity contribution in [3.8, 4) is 0 Å². The summed E-state index contributed by atoms with van der Waals surface area (Å²) in [5.41, 5.74) is 5.49. The molecule has 24 heavy (non-hydrogen) atoms. The Morgan fingerprint density at radius 1 is 1.46 bits per heavy atom. The van der Waals surface area contributed by atoms with Crippen LogP contribution in [0.15, 0.2) is 17.1 Å². The van der Waals surface area contributed by atoms with E-state index in [1.165, 1.54) is 16.8 Å². The van der Waals surface area contributed by atoms with E-state index in [9.17, 15) is 9.59 Å². The summed E-state index contributed by atoms with van der Waals surface area (Å²) < 4.78 is 25.5. The zero-order valence-electron chi connectivity index (χ0n) is 16.6. The number of rotatable bonds is 3. The lowest BCUT2D eigenvalue weighted by Crippen LogP contribution is -2.45. The highest BCUT2D eigenvalue weighted by molar-refractivity contribution is 5.81. The second-order valence-electron chi connectivity index (χ2n) is 7.31. The molecule has 0 spiro atoms. The molecule has 0 aliphatic heterocycles. The molecule has 2 fully saturated rings. The van der Waals surface area contributed by atoms with E-state index in [2.05, 4.69) is 10.3 Å². The molecule has 2 aliphatic rings. The summed E-state index contributed by atoms with van der Waals surface area (Å²) in [5, 5.41) is 3.12. The standard InChI is InChI=1S/C17H23N5O2/c1-17(20-15(23)10-3-4-10)6-5-11(8-17)22-12-7-14(18)19-9-13(12)21(2)16(22)24/h7,9-11H,3-6,8H2,1-2H3,(H2,18,19)(H,20,23)/t11-,17+/m1/s1/i2D3. The molecule has 4 rings (SSSR count). The Labute approximate surface area is 144 Å². The predicted octanol–water partition coefficient (Wildman–Crippen LogP) is 1.33. The lowest BCUT2D eigenvalue weighted by molar-refractivity contribution is -0.124. The largest absolute Gasteiger partial charge is 0.384 e. The Balaban J connectivity index is 1.74. The molecule has 0 unspecified atom stereocenters. The first-order valence-corrected chi connectivity index (χ1v) is 8.30. The Hall–Kier alpha value is -2.31. The van der Waals surface area contributed by atoms with Crippen molar-refractivity contribution in [2.75, 3.05) is 5.73 Å². The number of fused-ring (bicyclic) bond motifs is 1. The number of aromatic nitrogens is 3. The van der Waals surface area contributed by atoms with Gasteiger partial charge in [0.15, 0.2) is 0 Å². The zero-order chi connectivity index (χ0) is 19.6. The van der Waals surface area contributed by atoms with Crippen LogP contribution in [0.2, 0.25) is 0 Å². The molecule has 2 aromatic heterocycles. The van der Waals surface area contributed by atoms with Crippen LogP contribution in [-0.4, -0.2) is 25.6 Å². The van der Waals surface area contributed by atoms with Crippen LogP contribution in [0.4, 0.5) is 5.82 Å². The van der Waals surface area contributed by atoms with Crippen molar-refractivity contribution in [3.63, 3.8) is 0 Å². The molecular formula is C17H23N5O2. The van der Waals surface area contributed by atoms with Crippen LogP contribution < -0.4 is 16.7 Å². The number of nitrogens with zero attached hydrogens (tertiary/aromatic N) is 3. The predicted molar refractivity (Wildman–Crippen MR) is 91.5 cm³/mol. The first-order chi connectivity index (χ1) is 12.6. The minimum Gasteiger partial charge on any atom is -0.384 e. The van der Waals surface area contributed by atoms with Crippen molar-refractivity contribution < 1.29 is 8.91 Å². The second kappa shape index (κ2) is 5.09. The van der Waals surface area contributed by atoms with Crippen molar-refractivity contribution in [2.24, 2.45) is 12.9 Å². The highest BCUT2D eigenvalue weighted by Gasteiger charge is 2.41. The van der Waals surface area contributed by atoms with Gasteiger partial charge >= 0.3 is 5.69 Å². The smallest absolute Gasteiger partial charge is 0.329 e. The number of hydrogen-bond acceptors (Lipinski definition) is 4. The van der Waals surface area contributed by atoms with Crippen molar-refractivity contribution in [3.05, 3.63) is 22.7 Å². The third kappa shape index (κ3) is 2.39. The number of aryl methyl sites for hydroxylation is 1. The first kappa shape index (κ1) is 12.1. The highest BCUT2D eigenvalue weighted by Crippen LogP contribution is 2.39. The number of nitrogen functional groups attached to an aromatic ring is 1. The topological polar surface area (TPSA) is 94.9 Å². The Kier molecular flexibility index (Phi) is 2.57. The van der Waals surface area contributed by atoms with Gasteiger partial charge < -0.3 is 11.1 Å². The van der Waals surface area contributed by atoms with Gasteiger partial charge in [0.05, 0.1) is 17.2 Å². The van der Waals surface area contributed by atoms with Crippen LogP contribution in [-0.2, 0) is 11.8 Å². The molecule has 7 nitrogen and oxygen atoms in total. The van der Waals surface area contributed by atoms with Crippen LogP contribution in [0, 0.1) is 5.92 Å². The average Bonchev–Trinajstić information content (AvgIpc) is 3.27. The van der Waals surface area contributed by atoms with Gasteiger partial charge in [0.2, 0.25) is 5.91 Å². The Morgan fingerprint density at radius 2 is 2.25 bits per heavy atom. The lowest BCUT2D eigenvalue weighted by atomic mass is 10.00. The number of anilines is 1. The molecule has 2 atom stereocenters. The van der Waals surface area contributed by atoms with E-state index in [0.717, 1.165) is 23.8 Å². The molecule has 0 aromatic carbocycles. The van der Waals surface area contributed by atoms with E-state index in [-0.39, 0.29) is 29.2 Å². The van der Waals surface area contributed by atoms with Crippen molar-refractivity contribution >= 4 is 22.8 Å². The maximum Gasteiger partial charge on any atom is 0.329 e. The number of imidazole rings is 1. The van der Waals surface area contributed by atoms with E-state index >= 15 is 0 Å². The van der Waals surface area contributed by atoms with Gasteiger partial charge in [-0.2, -0.15) is 0 Å². The van der Waals surface area contributed by atoms with Crippen molar-refractivity contribution in [1.29, 1.82) is 0 Å². The Morgan fingerprint density at radius 3 is 2.96 bits per heavy atom. The number of nitrogens with two attached hydrogens (primary N) is 1. The summed E-state index contributed by atoms with van der Waals surface area (Å²) in [7, 11) is 0.